The SMILES string of the molecule is CN(C)c1ccc(-c2nc(C#N)c(Cl)[nH]2)cc1. The van der Waals surface area contributed by atoms with Gasteiger partial charge in [0, 0.05) is 25.3 Å². The first-order chi connectivity index (χ1) is 8.11. The topological polar surface area (TPSA) is 55.7 Å². The van der Waals surface area contributed by atoms with E-state index in [1.807, 2.05) is 49.3 Å². The average Bonchev–Trinajstić information content (AvgIpc) is 2.70. The number of imidazole rings is 1. The summed E-state index contributed by atoms with van der Waals surface area (Å²) < 4.78 is 0. The number of nitriles is 1. The zero-order chi connectivity index (χ0) is 12.4. The summed E-state index contributed by atoms with van der Waals surface area (Å²) in [6.45, 7) is 0. The molecule has 4 nitrogen and oxygen atoms in total. The molecule has 0 bridgehead atoms. The number of hydrogen-bond donors (Lipinski definition) is 1. The van der Waals surface area contributed by atoms with E-state index >= 15 is 0 Å². The number of H-pyrrole nitrogens is 1. The van der Waals surface area contributed by atoms with Gasteiger partial charge in [0.15, 0.2) is 5.69 Å². The van der Waals surface area contributed by atoms with Crippen molar-refractivity contribution in [2.75, 3.05) is 19.0 Å². The summed E-state index contributed by atoms with van der Waals surface area (Å²) >= 11 is 5.83. The van der Waals surface area contributed by atoms with Gasteiger partial charge in [0.1, 0.15) is 17.0 Å². The summed E-state index contributed by atoms with van der Waals surface area (Å²) in [4.78, 5) is 9.00. The van der Waals surface area contributed by atoms with Gasteiger partial charge in [-0.05, 0) is 24.3 Å². The Labute approximate surface area is 104 Å². The largest absolute Gasteiger partial charge is 0.378 e. The van der Waals surface area contributed by atoms with Crippen LogP contribution >= 0.6 is 11.6 Å². The molecule has 0 unspecified atom stereocenters. The molecule has 1 heterocycles. The number of rotatable bonds is 2. The molecule has 0 saturated heterocycles. The third-order valence-electron chi connectivity index (χ3n) is 2.42. The number of nitrogens with zero attached hydrogens (tertiary/aromatic N) is 3. The highest BCUT2D eigenvalue weighted by Crippen LogP contribution is 2.23. The summed E-state index contributed by atoms with van der Waals surface area (Å²) in [7, 11) is 3.96. The molecule has 86 valence electrons. The third-order valence-corrected chi connectivity index (χ3v) is 2.70. The molecule has 0 radical (unpaired) electrons. The average molecular weight is 247 g/mol. The molecular formula is C12H11ClN4. The van der Waals surface area contributed by atoms with Crippen LogP contribution in [0.4, 0.5) is 5.69 Å². The Bertz CT molecular complexity index is 563. The van der Waals surface area contributed by atoms with Crippen LogP contribution in [0.2, 0.25) is 5.15 Å². The van der Waals surface area contributed by atoms with Crippen molar-refractivity contribution in [3.05, 3.63) is 35.1 Å². The number of halogens is 1. The zero-order valence-corrected chi connectivity index (χ0v) is 10.3. The molecule has 0 aliphatic heterocycles. The van der Waals surface area contributed by atoms with Crippen LogP contribution in [-0.2, 0) is 0 Å². The first-order valence-electron chi connectivity index (χ1n) is 5.05. The van der Waals surface area contributed by atoms with Crippen molar-refractivity contribution in [1.29, 1.82) is 5.26 Å². The van der Waals surface area contributed by atoms with Crippen molar-refractivity contribution in [2.24, 2.45) is 0 Å². The molecule has 0 saturated carbocycles. The molecular weight excluding hydrogens is 236 g/mol. The van der Waals surface area contributed by atoms with Gasteiger partial charge >= 0.3 is 0 Å². The second-order valence-corrected chi connectivity index (χ2v) is 4.18. The Kier molecular flexibility index (Phi) is 3.03. The molecule has 0 atom stereocenters. The van der Waals surface area contributed by atoms with Crippen LogP contribution in [0, 0.1) is 11.3 Å². The van der Waals surface area contributed by atoms with Gasteiger partial charge in [0.25, 0.3) is 0 Å². The molecule has 2 rings (SSSR count). The van der Waals surface area contributed by atoms with Gasteiger partial charge in [0.05, 0.1) is 0 Å². The van der Waals surface area contributed by atoms with E-state index in [1.165, 1.54) is 0 Å². The molecule has 0 amide bonds. The Morgan fingerprint density at radius 1 is 1.29 bits per heavy atom. The summed E-state index contributed by atoms with van der Waals surface area (Å²) in [5, 5.41) is 9.05. The fraction of sp³-hybridized carbons (Fsp3) is 0.167. The van der Waals surface area contributed by atoms with Gasteiger partial charge in [-0.15, -0.1) is 0 Å². The van der Waals surface area contributed by atoms with Crippen LogP contribution < -0.4 is 4.90 Å². The molecule has 5 heteroatoms. The number of hydrogen-bond acceptors (Lipinski definition) is 3. The summed E-state index contributed by atoms with van der Waals surface area (Å²) in [5.41, 5.74) is 2.23. The van der Waals surface area contributed by atoms with Gasteiger partial charge in [-0.2, -0.15) is 5.26 Å². The zero-order valence-electron chi connectivity index (χ0n) is 9.53. The number of anilines is 1. The maximum atomic E-state index is 8.77. The minimum absolute atomic E-state index is 0.221. The number of benzene rings is 1. The molecule has 0 spiro atoms. The number of nitrogens with one attached hydrogen (secondary N) is 1. The van der Waals surface area contributed by atoms with Gasteiger partial charge in [0.2, 0.25) is 0 Å². The van der Waals surface area contributed by atoms with Crippen LogP contribution in [0.1, 0.15) is 5.69 Å². The third kappa shape index (κ3) is 2.24. The Morgan fingerprint density at radius 2 is 1.94 bits per heavy atom. The van der Waals surface area contributed by atoms with Crippen molar-refractivity contribution in [2.45, 2.75) is 0 Å². The van der Waals surface area contributed by atoms with E-state index in [0.717, 1.165) is 11.3 Å². The van der Waals surface area contributed by atoms with Crippen molar-refractivity contribution in [3.8, 4) is 17.5 Å². The Balaban J connectivity index is 2.37. The van der Waals surface area contributed by atoms with Crippen LogP contribution in [0.15, 0.2) is 24.3 Å². The van der Waals surface area contributed by atoms with Crippen molar-refractivity contribution in [3.63, 3.8) is 0 Å². The molecule has 0 aliphatic rings. The first-order valence-corrected chi connectivity index (χ1v) is 5.43. The molecule has 1 aromatic carbocycles. The van der Waals surface area contributed by atoms with Crippen LogP contribution in [0.3, 0.4) is 0 Å². The van der Waals surface area contributed by atoms with Crippen molar-refractivity contribution >= 4 is 17.3 Å². The highest BCUT2D eigenvalue weighted by Gasteiger charge is 2.09. The molecule has 17 heavy (non-hydrogen) atoms. The monoisotopic (exact) mass is 246 g/mol. The van der Waals surface area contributed by atoms with E-state index in [0.29, 0.717) is 5.82 Å². The lowest BCUT2D eigenvalue weighted by Crippen LogP contribution is -2.07. The van der Waals surface area contributed by atoms with Gasteiger partial charge in [-0.25, -0.2) is 4.98 Å². The van der Waals surface area contributed by atoms with Gasteiger partial charge in [-0.3, -0.25) is 0 Å². The minimum atomic E-state index is 0.221. The predicted octanol–water partition coefficient (Wildman–Crippen LogP) is 2.67. The highest BCUT2D eigenvalue weighted by molar-refractivity contribution is 6.30. The number of aromatic nitrogens is 2. The standard InChI is InChI=1S/C12H11ClN4/c1-17(2)9-5-3-8(4-6-9)12-15-10(7-14)11(13)16-12/h3-6H,1-2H3,(H,15,16). The molecule has 2 aromatic rings. The van der Waals surface area contributed by atoms with Crippen molar-refractivity contribution < 1.29 is 0 Å². The van der Waals surface area contributed by atoms with Crippen LogP contribution in [0.25, 0.3) is 11.4 Å². The Hall–Kier alpha value is -1.99. The summed E-state index contributed by atoms with van der Waals surface area (Å²) in [6.07, 6.45) is 0. The fourth-order valence-electron chi connectivity index (χ4n) is 1.48. The van der Waals surface area contributed by atoms with E-state index in [-0.39, 0.29) is 10.8 Å². The lowest BCUT2D eigenvalue weighted by molar-refractivity contribution is 1.13. The van der Waals surface area contributed by atoms with E-state index in [9.17, 15) is 0 Å². The molecule has 0 aliphatic carbocycles. The molecule has 1 aromatic heterocycles. The highest BCUT2D eigenvalue weighted by atomic mass is 35.5. The lowest BCUT2D eigenvalue weighted by Gasteiger charge is -2.11. The summed E-state index contributed by atoms with van der Waals surface area (Å²) in [5.74, 6) is 0.608. The van der Waals surface area contributed by atoms with Gasteiger partial charge < -0.3 is 9.88 Å². The maximum Gasteiger partial charge on any atom is 0.178 e. The minimum Gasteiger partial charge on any atom is -0.378 e. The van der Waals surface area contributed by atoms with Crippen LogP contribution in [-0.4, -0.2) is 24.1 Å². The predicted molar refractivity (Wildman–Crippen MR) is 68.1 cm³/mol. The smallest absolute Gasteiger partial charge is 0.178 e. The second-order valence-electron chi connectivity index (χ2n) is 3.80. The maximum absolute atomic E-state index is 8.77. The molecule has 0 fully saturated rings. The Morgan fingerprint density at radius 3 is 2.41 bits per heavy atom. The van der Waals surface area contributed by atoms with Crippen LogP contribution in [0.5, 0.6) is 0 Å². The van der Waals surface area contributed by atoms with E-state index < -0.39 is 0 Å². The summed E-state index contributed by atoms with van der Waals surface area (Å²) in [6, 6.07) is 9.77. The molecule has 1 N–H and O–H groups in total. The normalized spacial score (nSPS) is 10.0. The first kappa shape index (κ1) is 11.5. The van der Waals surface area contributed by atoms with Gasteiger partial charge in [-0.1, -0.05) is 11.6 Å². The second kappa shape index (κ2) is 4.48. The number of aromatic amines is 1. The lowest BCUT2D eigenvalue weighted by atomic mass is 10.2. The van der Waals surface area contributed by atoms with E-state index in [1.54, 1.807) is 0 Å². The van der Waals surface area contributed by atoms with Crippen molar-refractivity contribution in [1.82, 2.24) is 9.97 Å². The fourth-order valence-corrected chi connectivity index (χ4v) is 1.65. The van der Waals surface area contributed by atoms with E-state index in [2.05, 4.69) is 9.97 Å². The van der Waals surface area contributed by atoms with E-state index in [4.69, 9.17) is 16.9 Å². The quantitative estimate of drug-likeness (QED) is 0.886.